The summed E-state index contributed by atoms with van der Waals surface area (Å²) in [5.74, 6) is 0.273. The molecule has 0 spiro atoms. The van der Waals surface area contributed by atoms with Gasteiger partial charge < -0.3 is 14.8 Å². The maximum absolute atomic E-state index is 13.0. The third-order valence-corrected chi connectivity index (χ3v) is 8.62. The van der Waals surface area contributed by atoms with Gasteiger partial charge in [-0.1, -0.05) is 24.3 Å². The number of ether oxygens (including phenoxy) is 2. The van der Waals surface area contributed by atoms with Gasteiger partial charge in [0.25, 0.3) is 0 Å². The number of hydrogen-bond acceptors (Lipinski definition) is 6. The average Bonchev–Trinajstić information content (AvgIpc) is 3.13. The molecule has 2 aromatic rings. The fourth-order valence-electron chi connectivity index (χ4n) is 6.23. The van der Waals surface area contributed by atoms with Crippen molar-refractivity contribution in [2.75, 3.05) is 7.05 Å². The molecule has 0 aliphatic carbocycles. The van der Waals surface area contributed by atoms with Gasteiger partial charge in [-0.3, -0.25) is 14.5 Å². The summed E-state index contributed by atoms with van der Waals surface area (Å²) in [6, 6.07) is 15.0. The van der Waals surface area contributed by atoms with Crippen molar-refractivity contribution >= 4 is 11.9 Å². The summed E-state index contributed by atoms with van der Waals surface area (Å²) >= 11 is 0. The van der Waals surface area contributed by atoms with Crippen LogP contribution in [-0.4, -0.2) is 46.0 Å². The van der Waals surface area contributed by atoms with E-state index in [1.807, 2.05) is 62.4 Å². The van der Waals surface area contributed by atoms with Crippen molar-refractivity contribution in [2.45, 2.75) is 90.4 Å². The zero-order valence-corrected chi connectivity index (χ0v) is 23.8. The van der Waals surface area contributed by atoms with Crippen LogP contribution in [0.1, 0.15) is 68.2 Å². The Labute approximate surface area is 221 Å². The van der Waals surface area contributed by atoms with E-state index >= 15 is 0 Å². The Morgan fingerprint density at radius 1 is 0.730 bits per heavy atom. The molecule has 37 heavy (non-hydrogen) atoms. The molecule has 2 fully saturated rings. The number of likely N-dealkylation sites (tertiary alicyclic amines) is 1. The summed E-state index contributed by atoms with van der Waals surface area (Å²) < 4.78 is 11.5. The normalized spacial score (nSPS) is 25.5. The van der Waals surface area contributed by atoms with E-state index in [4.69, 9.17) is 9.47 Å². The Balaban J connectivity index is 1.38. The summed E-state index contributed by atoms with van der Waals surface area (Å²) in [7, 11) is 2.07. The van der Waals surface area contributed by atoms with Crippen LogP contribution in [0.4, 0.5) is 0 Å². The molecule has 0 aromatic heterocycles. The van der Waals surface area contributed by atoms with Crippen LogP contribution in [0.15, 0.2) is 48.5 Å². The van der Waals surface area contributed by atoms with Gasteiger partial charge in [-0.2, -0.15) is 0 Å². The van der Waals surface area contributed by atoms with Crippen LogP contribution in [0.2, 0.25) is 0 Å². The number of nitrogens with zero attached hydrogens (tertiary/aromatic N) is 1. The van der Waals surface area contributed by atoms with Crippen molar-refractivity contribution < 1.29 is 19.1 Å². The predicted octanol–water partition coefficient (Wildman–Crippen LogP) is 5.84. The summed E-state index contributed by atoms with van der Waals surface area (Å²) in [5.41, 5.74) is 1.23. The van der Waals surface area contributed by atoms with Crippen molar-refractivity contribution in [3.63, 3.8) is 0 Å². The molecule has 2 heterocycles. The molecule has 4 rings (SSSR count). The van der Waals surface area contributed by atoms with Gasteiger partial charge in [0.05, 0.1) is 11.8 Å². The van der Waals surface area contributed by atoms with E-state index in [0.29, 0.717) is 11.5 Å². The van der Waals surface area contributed by atoms with Gasteiger partial charge in [0, 0.05) is 22.2 Å². The number of esters is 2. The molecule has 200 valence electrons. The van der Waals surface area contributed by atoms with Gasteiger partial charge in [0.15, 0.2) is 0 Å². The number of rotatable bonds is 5. The highest BCUT2D eigenvalue weighted by molar-refractivity contribution is 5.78. The molecule has 0 saturated carbocycles. The Bertz CT molecular complexity index is 1160. The SMILES string of the molecule is CN1C(C)(C)CC(C(=O)Oc2ccc(-c3ccc(OC(=O)C4CC(C)(C)NC4(C)C)cc3)cc2)C1(C)C. The van der Waals surface area contributed by atoms with Gasteiger partial charge >= 0.3 is 11.9 Å². The lowest BCUT2D eigenvalue weighted by molar-refractivity contribution is -0.141. The Morgan fingerprint density at radius 2 is 1.16 bits per heavy atom. The standard InChI is InChI=1S/C31H42N2O4/c1-28(2)18-24(30(5,6)32-28)26(34)36-22-14-10-20(11-15-22)21-12-16-23(17-13-21)37-27(35)25-19-29(3,4)33(9)31(25,7)8/h10-17,24-25,32H,18-19H2,1-9H3. The largest absolute Gasteiger partial charge is 0.426 e. The van der Waals surface area contributed by atoms with Crippen molar-refractivity contribution in [1.29, 1.82) is 0 Å². The molecule has 6 heteroatoms. The highest BCUT2D eigenvalue weighted by Crippen LogP contribution is 2.44. The topological polar surface area (TPSA) is 67.9 Å². The predicted molar refractivity (Wildman–Crippen MR) is 147 cm³/mol. The van der Waals surface area contributed by atoms with E-state index in [9.17, 15) is 9.59 Å². The lowest BCUT2D eigenvalue weighted by atomic mass is 9.87. The zero-order valence-electron chi connectivity index (χ0n) is 23.8. The quantitative estimate of drug-likeness (QED) is 0.406. The second kappa shape index (κ2) is 9.25. The molecule has 2 atom stereocenters. The minimum atomic E-state index is -0.314. The summed E-state index contributed by atoms with van der Waals surface area (Å²) in [4.78, 5) is 28.2. The van der Waals surface area contributed by atoms with Gasteiger partial charge in [-0.15, -0.1) is 0 Å². The first-order valence-corrected chi connectivity index (χ1v) is 13.2. The van der Waals surface area contributed by atoms with Crippen LogP contribution >= 0.6 is 0 Å². The molecular weight excluding hydrogens is 464 g/mol. The monoisotopic (exact) mass is 506 g/mol. The molecule has 0 bridgehead atoms. The third-order valence-electron chi connectivity index (χ3n) is 8.62. The summed E-state index contributed by atoms with van der Waals surface area (Å²) in [6.07, 6.45) is 1.50. The second-order valence-corrected chi connectivity index (χ2v) is 13.2. The molecule has 2 saturated heterocycles. The van der Waals surface area contributed by atoms with Crippen LogP contribution in [0.25, 0.3) is 11.1 Å². The minimum Gasteiger partial charge on any atom is -0.426 e. The smallest absolute Gasteiger partial charge is 0.316 e. The Morgan fingerprint density at radius 3 is 1.51 bits per heavy atom. The molecule has 2 aliphatic rings. The number of hydrogen-bond donors (Lipinski definition) is 1. The van der Waals surface area contributed by atoms with Gasteiger partial charge in [0.2, 0.25) is 0 Å². The van der Waals surface area contributed by atoms with Gasteiger partial charge in [0.1, 0.15) is 11.5 Å². The molecule has 2 aromatic carbocycles. The van der Waals surface area contributed by atoms with Crippen LogP contribution in [0.5, 0.6) is 11.5 Å². The van der Waals surface area contributed by atoms with Crippen LogP contribution in [-0.2, 0) is 9.59 Å². The molecule has 0 radical (unpaired) electrons. The number of carbonyl (C=O) groups is 2. The summed E-state index contributed by atoms with van der Waals surface area (Å²) in [6.45, 7) is 16.8. The van der Waals surface area contributed by atoms with Crippen LogP contribution in [0.3, 0.4) is 0 Å². The Kier molecular flexibility index (Phi) is 6.83. The average molecular weight is 507 g/mol. The van der Waals surface area contributed by atoms with Crippen LogP contribution in [0, 0.1) is 11.8 Å². The van der Waals surface area contributed by atoms with Gasteiger partial charge in [-0.25, -0.2) is 0 Å². The molecule has 6 nitrogen and oxygen atoms in total. The van der Waals surface area contributed by atoms with Crippen molar-refractivity contribution in [3.05, 3.63) is 48.5 Å². The first-order chi connectivity index (χ1) is 17.0. The summed E-state index contributed by atoms with van der Waals surface area (Å²) in [5, 5.41) is 3.52. The van der Waals surface area contributed by atoms with E-state index in [1.54, 1.807) is 0 Å². The first kappa shape index (κ1) is 27.3. The van der Waals surface area contributed by atoms with Crippen molar-refractivity contribution in [3.8, 4) is 22.6 Å². The van der Waals surface area contributed by atoms with Crippen molar-refractivity contribution in [1.82, 2.24) is 10.2 Å². The number of benzene rings is 2. The molecule has 2 aliphatic heterocycles. The fourth-order valence-corrected chi connectivity index (χ4v) is 6.23. The van der Waals surface area contributed by atoms with Gasteiger partial charge in [-0.05, 0) is 111 Å². The maximum Gasteiger partial charge on any atom is 0.316 e. The second-order valence-electron chi connectivity index (χ2n) is 13.2. The number of carbonyl (C=O) groups excluding carboxylic acids is 2. The highest BCUT2D eigenvalue weighted by Gasteiger charge is 2.53. The Hall–Kier alpha value is -2.70. The maximum atomic E-state index is 13.0. The van der Waals surface area contributed by atoms with Crippen molar-refractivity contribution in [2.24, 2.45) is 11.8 Å². The molecular formula is C31H42N2O4. The fraction of sp³-hybridized carbons (Fsp3) is 0.548. The minimum absolute atomic E-state index is 0.0572. The number of nitrogens with one attached hydrogen (secondary N) is 1. The first-order valence-electron chi connectivity index (χ1n) is 13.2. The molecule has 0 amide bonds. The highest BCUT2D eigenvalue weighted by atomic mass is 16.5. The van der Waals surface area contributed by atoms with E-state index in [-0.39, 0.29) is 45.9 Å². The lowest BCUT2D eigenvalue weighted by Gasteiger charge is -2.37. The zero-order chi connectivity index (χ0) is 27.4. The van der Waals surface area contributed by atoms with E-state index in [2.05, 4.69) is 58.8 Å². The van der Waals surface area contributed by atoms with E-state index < -0.39 is 0 Å². The van der Waals surface area contributed by atoms with E-state index in [1.165, 1.54) is 0 Å². The van der Waals surface area contributed by atoms with E-state index in [0.717, 1.165) is 24.0 Å². The molecule has 1 N–H and O–H groups in total. The molecule has 2 unspecified atom stereocenters. The van der Waals surface area contributed by atoms with Crippen LogP contribution < -0.4 is 14.8 Å². The third kappa shape index (κ3) is 5.46. The lowest BCUT2D eigenvalue weighted by Crippen LogP contribution is -2.48.